The summed E-state index contributed by atoms with van der Waals surface area (Å²) in [6.45, 7) is 7.97. The van der Waals surface area contributed by atoms with Gasteiger partial charge in [0.1, 0.15) is 0 Å². The molecule has 4 nitrogen and oxygen atoms in total. The molecule has 2 heterocycles. The number of hydrogen-bond donors (Lipinski definition) is 1. The first kappa shape index (κ1) is 12.4. The van der Waals surface area contributed by atoms with Crippen molar-refractivity contribution < 1.29 is 0 Å². The lowest BCUT2D eigenvalue weighted by Crippen LogP contribution is -2.42. The van der Waals surface area contributed by atoms with Crippen molar-refractivity contribution in [2.24, 2.45) is 13.0 Å². The van der Waals surface area contributed by atoms with Gasteiger partial charge in [0.15, 0.2) is 0 Å². The maximum atomic E-state index is 4.27. The van der Waals surface area contributed by atoms with Gasteiger partial charge in [0.2, 0.25) is 0 Å². The Morgan fingerprint density at radius 2 is 2.41 bits per heavy atom. The molecule has 1 saturated heterocycles. The molecule has 2 atom stereocenters. The molecule has 0 aliphatic carbocycles. The van der Waals surface area contributed by atoms with Crippen molar-refractivity contribution in [3.05, 3.63) is 12.4 Å². The van der Waals surface area contributed by atoms with E-state index in [1.165, 1.54) is 18.5 Å². The number of aromatic nitrogens is 2. The van der Waals surface area contributed by atoms with Crippen LogP contribution in [0.3, 0.4) is 0 Å². The Hall–Kier alpha value is -1.03. The molecule has 0 spiro atoms. The Morgan fingerprint density at radius 3 is 3.06 bits per heavy atom. The normalized spacial score (nSPS) is 23.5. The fraction of sp³-hybridized carbons (Fsp3) is 0.769. The summed E-state index contributed by atoms with van der Waals surface area (Å²) in [7, 11) is 1.98. The van der Waals surface area contributed by atoms with Crippen LogP contribution in [0.4, 0.5) is 5.69 Å². The van der Waals surface area contributed by atoms with Gasteiger partial charge < -0.3 is 10.2 Å². The van der Waals surface area contributed by atoms with E-state index >= 15 is 0 Å². The van der Waals surface area contributed by atoms with Gasteiger partial charge in [0.25, 0.3) is 0 Å². The summed E-state index contributed by atoms with van der Waals surface area (Å²) in [5.74, 6) is 0.729. The number of hydrogen-bond acceptors (Lipinski definition) is 3. The average molecular weight is 236 g/mol. The van der Waals surface area contributed by atoms with E-state index in [9.17, 15) is 0 Å². The first-order valence-corrected chi connectivity index (χ1v) is 6.67. The maximum Gasteiger partial charge on any atom is 0.0752 e. The number of aryl methyl sites for hydroxylation is 1. The highest BCUT2D eigenvalue weighted by Gasteiger charge is 2.22. The molecule has 1 aromatic heterocycles. The second-order valence-corrected chi connectivity index (χ2v) is 5.12. The lowest BCUT2D eigenvalue weighted by Gasteiger charge is -2.28. The van der Waals surface area contributed by atoms with E-state index in [1.807, 2.05) is 17.9 Å². The monoisotopic (exact) mass is 236 g/mol. The molecule has 1 N–H and O–H groups in total. The van der Waals surface area contributed by atoms with Crippen LogP contribution in [0.2, 0.25) is 0 Å². The van der Waals surface area contributed by atoms with Crippen LogP contribution in [-0.2, 0) is 7.05 Å². The summed E-state index contributed by atoms with van der Waals surface area (Å²) in [6, 6.07) is 0.600. The summed E-state index contributed by atoms with van der Waals surface area (Å²) in [5, 5.41) is 7.94. The van der Waals surface area contributed by atoms with Crippen molar-refractivity contribution in [1.29, 1.82) is 0 Å². The summed E-state index contributed by atoms with van der Waals surface area (Å²) in [5.41, 5.74) is 1.25. The Balaban J connectivity index is 2.06. The van der Waals surface area contributed by atoms with Gasteiger partial charge in [0, 0.05) is 32.4 Å². The highest BCUT2D eigenvalue weighted by molar-refractivity contribution is 5.42. The molecule has 1 fully saturated rings. The zero-order chi connectivity index (χ0) is 12.3. The molecule has 2 rings (SSSR count). The van der Waals surface area contributed by atoms with E-state index in [-0.39, 0.29) is 0 Å². The zero-order valence-electron chi connectivity index (χ0n) is 11.2. The van der Waals surface area contributed by atoms with Gasteiger partial charge in [-0.3, -0.25) is 4.68 Å². The van der Waals surface area contributed by atoms with E-state index in [1.54, 1.807) is 0 Å². The quantitative estimate of drug-likeness (QED) is 0.866. The van der Waals surface area contributed by atoms with Crippen molar-refractivity contribution in [2.45, 2.75) is 32.7 Å². The van der Waals surface area contributed by atoms with E-state index in [0.717, 1.165) is 25.6 Å². The van der Waals surface area contributed by atoms with Gasteiger partial charge in [0.05, 0.1) is 11.9 Å². The van der Waals surface area contributed by atoms with Crippen molar-refractivity contribution in [1.82, 2.24) is 15.1 Å². The molecule has 4 heteroatoms. The van der Waals surface area contributed by atoms with Crippen LogP contribution in [0, 0.1) is 5.92 Å². The van der Waals surface area contributed by atoms with Crippen molar-refractivity contribution in [2.75, 3.05) is 24.5 Å². The summed E-state index contributed by atoms with van der Waals surface area (Å²) < 4.78 is 1.88. The zero-order valence-corrected chi connectivity index (χ0v) is 11.2. The molecule has 96 valence electrons. The standard InChI is InChI=1S/C13H24N4/c1-4-11(2)13-10-17(7-5-6-14-13)12-8-15-16(3)9-12/h8-9,11,13-14H,4-7,10H2,1-3H3. The van der Waals surface area contributed by atoms with Gasteiger partial charge in [-0.05, 0) is 18.9 Å². The molecule has 17 heavy (non-hydrogen) atoms. The molecule has 1 aliphatic rings. The van der Waals surface area contributed by atoms with Crippen LogP contribution < -0.4 is 10.2 Å². The van der Waals surface area contributed by atoms with Crippen LogP contribution in [0.5, 0.6) is 0 Å². The predicted molar refractivity (Wildman–Crippen MR) is 71.3 cm³/mol. The van der Waals surface area contributed by atoms with Gasteiger partial charge in [-0.25, -0.2) is 0 Å². The Labute approximate surface area is 104 Å². The molecular formula is C13H24N4. The van der Waals surface area contributed by atoms with Crippen molar-refractivity contribution >= 4 is 5.69 Å². The molecular weight excluding hydrogens is 212 g/mol. The van der Waals surface area contributed by atoms with Crippen molar-refractivity contribution in [3.8, 4) is 0 Å². The minimum Gasteiger partial charge on any atom is -0.367 e. The lowest BCUT2D eigenvalue weighted by molar-refractivity contribution is 0.384. The molecule has 1 aromatic rings. The largest absolute Gasteiger partial charge is 0.367 e. The van der Waals surface area contributed by atoms with E-state index in [0.29, 0.717) is 6.04 Å². The number of rotatable bonds is 3. The number of anilines is 1. The summed E-state index contributed by atoms with van der Waals surface area (Å²) >= 11 is 0. The molecule has 0 aromatic carbocycles. The topological polar surface area (TPSA) is 33.1 Å². The highest BCUT2D eigenvalue weighted by atomic mass is 15.3. The third kappa shape index (κ3) is 3.00. The highest BCUT2D eigenvalue weighted by Crippen LogP contribution is 2.18. The second-order valence-electron chi connectivity index (χ2n) is 5.12. The van der Waals surface area contributed by atoms with E-state index in [2.05, 4.69) is 35.4 Å². The fourth-order valence-corrected chi connectivity index (χ4v) is 2.42. The average Bonchev–Trinajstić information content (AvgIpc) is 2.63. The summed E-state index contributed by atoms with van der Waals surface area (Å²) in [6.07, 6.45) is 6.53. The van der Waals surface area contributed by atoms with E-state index in [4.69, 9.17) is 0 Å². The minimum absolute atomic E-state index is 0.600. The number of nitrogens with zero attached hydrogens (tertiary/aromatic N) is 3. The van der Waals surface area contributed by atoms with Gasteiger partial charge in [-0.1, -0.05) is 20.3 Å². The molecule has 1 aliphatic heterocycles. The molecule has 0 radical (unpaired) electrons. The van der Waals surface area contributed by atoms with Crippen molar-refractivity contribution in [3.63, 3.8) is 0 Å². The Bertz CT molecular complexity index is 347. The van der Waals surface area contributed by atoms with Crippen LogP contribution in [0.1, 0.15) is 26.7 Å². The van der Waals surface area contributed by atoms with Crippen LogP contribution in [0.15, 0.2) is 12.4 Å². The Kier molecular flexibility index (Phi) is 4.05. The second kappa shape index (κ2) is 5.54. The minimum atomic E-state index is 0.600. The van der Waals surface area contributed by atoms with Crippen LogP contribution >= 0.6 is 0 Å². The predicted octanol–water partition coefficient (Wildman–Crippen LogP) is 1.63. The Morgan fingerprint density at radius 1 is 1.59 bits per heavy atom. The first-order valence-electron chi connectivity index (χ1n) is 6.67. The molecule has 2 unspecified atom stereocenters. The third-order valence-electron chi connectivity index (χ3n) is 3.82. The maximum absolute atomic E-state index is 4.27. The molecule has 0 bridgehead atoms. The van der Waals surface area contributed by atoms with Gasteiger partial charge >= 0.3 is 0 Å². The van der Waals surface area contributed by atoms with Gasteiger partial charge in [-0.15, -0.1) is 0 Å². The van der Waals surface area contributed by atoms with E-state index < -0.39 is 0 Å². The third-order valence-corrected chi connectivity index (χ3v) is 3.82. The fourth-order valence-electron chi connectivity index (χ4n) is 2.42. The first-order chi connectivity index (χ1) is 8.20. The van der Waals surface area contributed by atoms with Crippen LogP contribution in [-0.4, -0.2) is 35.5 Å². The molecule has 0 amide bonds. The lowest BCUT2D eigenvalue weighted by atomic mass is 9.99. The summed E-state index contributed by atoms with van der Waals surface area (Å²) in [4.78, 5) is 2.46. The molecule has 0 saturated carbocycles. The van der Waals surface area contributed by atoms with Gasteiger partial charge in [-0.2, -0.15) is 5.10 Å². The van der Waals surface area contributed by atoms with Crippen LogP contribution in [0.25, 0.3) is 0 Å². The number of nitrogens with one attached hydrogen (secondary N) is 1. The smallest absolute Gasteiger partial charge is 0.0752 e. The SMILES string of the molecule is CCC(C)C1CN(c2cnn(C)c2)CCCN1.